The van der Waals surface area contributed by atoms with Gasteiger partial charge in [-0.15, -0.1) is 0 Å². The minimum absolute atomic E-state index is 0.0507. The van der Waals surface area contributed by atoms with Crippen LogP contribution in [-0.4, -0.2) is 25.7 Å². The van der Waals surface area contributed by atoms with Gasteiger partial charge in [-0.1, -0.05) is 12.1 Å². The van der Waals surface area contributed by atoms with E-state index in [2.05, 4.69) is 10.4 Å². The molecular weight excluding hydrogens is 276 g/mol. The monoisotopic (exact) mass is 290 g/mol. The summed E-state index contributed by atoms with van der Waals surface area (Å²) in [6.07, 6.45) is 0. The van der Waals surface area contributed by atoms with E-state index in [9.17, 15) is 20.0 Å². The van der Waals surface area contributed by atoms with Gasteiger partial charge in [-0.2, -0.15) is 5.10 Å². The number of phenolic OH excluding ortho intramolecular Hbond substituents is 1. The highest BCUT2D eigenvalue weighted by molar-refractivity contribution is 5.92. The first-order chi connectivity index (χ1) is 9.90. The van der Waals surface area contributed by atoms with Crippen LogP contribution in [0.4, 0.5) is 11.4 Å². The molecule has 0 spiro atoms. The molecule has 21 heavy (non-hydrogen) atoms. The van der Waals surface area contributed by atoms with Crippen LogP contribution in [0.1, 0.15) is 11.4 Å². The highest BCUT2D eigenvalue weighted by Crippen LogP contribution is 2.23. The summed E-state index contributed by atoms with van der Waals surface area (Å²) in [5.74, 6) is -0.484. The van der Waals surface area contributed by atoms with Crippen molar-refractivity contribution in [3.05, 3.63) is 45.8 Å². The van der Waals surface area contributed by atoms with Crippen LogP contribution in [0.15, 0.2) is 24.3 Å². The van der Waals surface area contributed by atoms with Crippen molar-refractivity contribution in [1.29, 1.82) is 0 Å². The number of nitrogens with one attached hydrogen (secondary N) is 1. The van der Waals surface area contributed by atoms with Crippen LogP contribution in [0.3, 0.4) is 0 Å². The molecule has 1 aromatic carbocycles. The zero-order valence-electron chi connectivity index (χ0n) is 11.5. The van der Waals surface area contributed by atoms with Crippen molar-refractivity contribution in [1.82, 2.24) is 9.78 Å². The standard InChI is InChI=1S/C13H14N4O4/c1-8-13(17(20)21)9(2)16(15-8)7-12(19)14-10-5-3-4-6-11(10)18/h3-6,18H,7H2,1-2H3,(H,14,19). The minimum Gasteiger partial charge on any atom is -0.506 e. The molecule has 0 aliphatic heterocycles. The van der Waals surface area contributed by atoms with E-state index in [0.29, 0.717) is 5.69 Å². The predicted molar refractivity (Wildman–Crippen MR) is 75.1 cm³/mol. The molecule has 0 saturated heterocycles. The molecule has 1 heterocycles. The van der Waals surface area contributed by atoms with Gasteiger partial charge in [-0.25, -0.2) is 0 Å². The number of anilines is 1. The molecule has 0 radical (unpaired) electrons. The molecule has 1 amide bonds. The van der Waals surface area contributed by atoms with E-state index in [-0.39, 0.29) is 29.4 Å². The number of phenols is 1. The molecule has 2 N–H and O–H groups in total. The van der Waals surface area contributed by atoms with E-state index in [1.807, 2.05) is 0 Å². The van der Waals surface area contributed by atoms with Crippen LogP contribution in [0.25, 0.3) is 0 Å². The van der Waals surface area contributed by atoms with Crippen LogP contribution in [0.2, 0.25) is 0 Å². The molecule has 0 aliphatic carbocycles. The lowest BCUT2D eigenvalue weighted by Crippen LogP contribution is -2.20. The quantitative estimate of drug-likeness (QED) is 0.506. The fourth-order valence-corrected chi connectivity index (χ4v) is 2.01. The Labute approximate surface area is 120 Å². The number of carbonyl (C=O) groups excluding carboxylic acids is 1. The Morgan fingerprint density at radius 3 is 2.67 bits per heavy atom. The summed E-state index contributed by atoms with van der Waals surface area (Å²) in [5.41, 5.74) is 0.752. The first kappa shape index (κ1) is 14.5. The fourth-order valence-electron chi connectivity index (χ4n) is 2.01. The Morgan fingerprint density at radius 2 is 2.10 bits per heavy atom. The van der Waals surface area contributed by atoms with Crippen LogP contribution < -0.4 is 5.32 Å². The Morgan fingerprint density at radius 1 is 1.43 bits per heavy atom. The van der Waals surface area contributed by atoms with Gasteiger partial charge in [-0.3, -0.25) is 19.6 Å². The molecule has 0 saturated carbocycles. The largest absolute Gasteiger partial charge is 0.506 e. The maximum absolute atomic E-state index is 11.9. The van der Waals surface area contributed by atoms with Gasteiger partial charge in [0, 0.05) is 0 Å². The molecular formula is C13H14N4O4. The Balaban J connectivity index is 2.16. The molecule has 110 valence electrons. The van der Waals surface area contributed by atoms with E-state index in [1.165, 1.54) is 24.6 Å². The predicted octanol–water partition coefficient (Wildman–Crippen LogP) is 1.75. The van der Waals surface area contributed by atoms with E-state index in [0.717, 1.165) is 0 Å². The Kier molecular flexibility index (Phi) is 3.88. The normalized spacial score (nSPS) is 10.4. The number of aryl methyl sites for hydroxylation is 1. The highest BCUT2D eigenvalue weighted by Gasteiger charge is 2.22. The van der Waals surface area contributed by atoms with Gasteiger partial charge in [0.2, 0.25) is 5.91 Å². The number of carbonyl (C=O) groups is 1. The van der Waals surface area contributed by atoms with Crippen LogP contribution in [-0.2, 0) is 11.3 Å². The van der Waals surface area contributed by atoms with E-state index >= 15 is 0 Å². The van der Waals surface area contributed by atoms with Crippen LogP contribution in [0, 0.1) is 24.0 Å². The van der Waals surface area contributed by atoms with Gasteiger partial charge in [-0.05, 0) is 26.0 Å². The number of nitro groups is 1. The maximum atomic E-state index is 11.9. The zero-order valence-corrected chi connectivity index (χ0v) is 11.5. The lowest BCUT2D eigenvalue weighted by molar-refractivity contribution is -0.386. The Hall–Kier alpha value is -2.90. The summed E-state index contributed by atoms with van der Waals surface area (Å²) in [6, 6.07) is 6.31. The van der Waals surface area contributed by atoms with Gasteiger partial charge in [0.15, 0.2) is 0 Å². The van der Waals surface area contributed by atoms with E-state index in [4.69, 9.17) is 0 Å². The average molecular weight is 290 g/mol. The van der Waals surface area contributed by atoms with Crippen LogP contribution in [0.5, 0.6) is 5.75 Å². The molecule has 0 bridgehead atoms. The third-order valence-electron chi connectivity index (χ3n) is 3.00. The second kappa shape index (κ2) is 5.61. The summed E-state index contributed by atoms with van der Waals surface area (Å²) < 4.78 is 1.27. The van der Waals surface area contributed by atoms with E-state index in [1.54, 1.807) is 18.2 Å². The molecule has 0 unspecified atom stereocenters. The second-order valence-corrected chi connectivity index (χ2v) is 4.50. The third-order valence-corrected chi connectivity index (χ3v) is 3.00. The fraction of sp³-hybridized carbons (Fsp3) is 0.231. The molecule has 1 aromatic heterocycles. The number of aromatic hydroxyl groups is 1. The first-order valence-corrected chi connectivity index (χ1v) is 6.16. The molecule has 0 fully saturated rings. The molecule has 0 atom stereocenters. The number of hydrogen-bond donors (Lipinski definition) is 2. The molecule has 2 rings (SSSR count). The second-order valence-electron chi connectivity index (χ2n) is 4.50. The zero-order chi connectivity index (χ0) is 15.6. The van der Waals surface area contributed by atoms with E-state index < -0.39 is 10.8 Å². The van der Waals surface area contributed by atoms with Crippen molar-refractivity contribution in [3.63, 3.8) is 0 Å². The van der Waals surface area contributed by atoms with Gasteiger partial charge < -0.3 is 10.4 Å². The summed E-state index contributed by atoms with van der Waals surface area (Å²) in [7, 11) is 0. The molecule has 8 nitrogen and oxygen atoms in total. The lowest BCUT2D eigenvalue weighted by Gasteiger charge is -2.07. The van der Waals surface area contributed by atoms with Crippen molar-refractivity contribution in [2.45, 2.75) is 20.4 Å². The SMILES string of the molecule is Cc1nn(CC(=O)Nc2ccccc2O)c(C)c1[N+](=O)[O-]. The number of para-hydroxylation sites is 2. The van der Waals surface area contributed by atoms with Crippen molar-refractivity contribution in [2.75, 3.05) is 5.32 Å². The maximum Gasteiger partial charge on any atom is 0.312 e. The topological polar surface area (TPSA) is 110 Å². The van der Waals surface area contributed by atoms with Gasteiger partial charge >= 0.3 is 5.69 Å². The summed E-state index contributed by atoms with van der Waals surface area (Å²) >= 11 is 0. The van der Waals surface area contributed by atoms with Gasteiger partial charge in [0.25, 0.3) is 0 Å². The highest BCUT2D eigenvalue weighted by atomic mass is 16.6. The lowest BCUT2D eigenvalue weighted by atomic mass is 10.3. The number of nitrogens with zero attached hydrogens (tertiary/aromatic N) is 3. The first-order valence-electron chi connectivity index (χ1n) is 6.16. The Bertz CT molecular complexity index is 708. The summed E-state index contributed by atoms with van der Waals surface area (Å²) in [6.45, 7) is 2.88. The van der Waals surface area contributed by atoms with Crippen molar-refractivity contribution >= 4 is 17.3 Å². The molecule has 8 heteroatoms. The number of benzene rings is 1. The number of amides is 1. The van der Waals surface area contributed by atoms with Crippen molar-refractivity contribution < 1.29 is 14.8 Å². The van der Waals surface area contributed by atoms with Crippen molar-refractivity contribution in [2.24, 2.45) is 0 Å². The number of aromatic nitrogens is 2. The average Bonchev–Trinajstić information content (AvgIpc) is 2.67. The summed E-state index contributed by atoms with van der Waals surface area (Å²) in [5, 5.41) is 27.0. The molecule has 2 aromatic rings. The minimum atomic E-state index is -0.519. The third kappa shape index (κ3) is 2.99. The smallest absolute Gasteiger partial charge is 0.312 e. The van der Waals surface area contributed by atoms with Crippen molar-refractivity contribution in [3.8, 4) is 5.75 Å². The number of rotatable bonds is 4. The van der Waals surface area contributed by atoms with Crippen LogP contribution >= 0.6 is 0 Å². The number of hydrogen-bond acceptors (Lipinski definition) is 5. The van der Waals surface area contributed by atoms with Gasteiger partial charge in [0.1, 0.15) is 23.7 Å². The van der Waals surface area contributed by atoms with Gasteiger partial charge in [0.05, 0.1) is 10.6 Å². The summed E-state index contributed by atoms with van der Waals surface area (Å²) in [4.78, 5) is 22.3. The molecule has 0 aliphatic rings.